The highest BCUT2D eigenvalue weighted by atomic mass is 16.3. The van der Waals surface area contributed by atoms with Crippen molar-refractivity contribution in [3.63, 3.8) is 0 Å². The number of hydrogen-bond acceptors (Lipinski definition) is 5. The van der Waals surface area contributed by atoms with Crippen molar-refractivity contribution < 1.29 is 8.83 Å². The molecule has 0 aliphatic rings. The van der Waals surface area contributed by atoms with Crippen LogP contribution in [0, 0.1) is 0 Å². The number of benzene rings is 9. The fraction of sp³-hybridized carbons (Fsp3) is 0. The maximum Gasteiger partial charge on any atom is 0.166 e. The number of fused-ring (bicyclic) bond motifs is 14. The van der Waals surface area contributed by atoms with E-state index >= 15 is 0 Å². The molecule has 0 amide bonds. The van der Waals surface area contributed by atoms with Crippen molar-refractivity contribution in [2.24, 2.45) is 0 Å². The second-order valence-corrected chi connectivity index (χ2v) is 16.3. The topological polar surface area (TPSA) is 74.8 Å². The zero-order valence-corrected chi connectivity index (χ0v) is 34.1. The fourth-order valence-electron chi connectivity index (χ4n) is 10.0. The lowest BCUT2D eigenvalue weighted by atomic mass is 10.1. The van der Waals surface area contributed by atoms with Gasteiger partial charge < -0.3 is 18.0 Å². The van der Waals surface area contributed by atoms with Crippen molar-refractivity contribution >= 4 is 87.5 Å². The molecule has 0 atom stereocenters. The lowest BCUT2D eigenvalue weighted by molar-refractivity contribution is 0.669. The molecular formula is C57H33N5O2. The first-order chi connectivity index (χ1) is 31.7. The zero-order valence-electron chi connectivity index (χ0n) is 34.1. The fourth-order valence-corrected chi connectivity index (χ4v) is 10.0. The number of furan rings is 2. The molecule has 298 valence electrons. The van der Waals surface area contributed by atoms with Gasteiger partial charge in [0.2, 0.25) is 0 Å². The summed E-state index contributed by atoms with van der Waals surface area (Å²) in [6.07, 6.45) is 0. The molecule has 5 heterocycles. The van der Waals surface area contributed by atoms with Crippen molar-refractivity contribution in [1.29, 1.82) is 0 Å². The largest absolute Gasteiger partial charge is 0.456 e. The molecule has 0 aliphatic heterocycles. The Bertz CT molecular complexity index is 4140. The van der Waals surface area contributed by atoms with Crippen LogP contribution in [-0.4, -0.2) is 24.1 Å². The summed E-state index contributed by atoms with van der Waals surface area (Å²) in [5.41, 5.74) is 12.2. The molecule has 0 saturated heterocycles. The van der Waals surface area contributed by atoms with Crippen LogP contribution in [0.15, 0.2) is 209 Å². The number of aromatic nitrogens is 5. The van der Waals surface area contributed by atoms with E-state index in [1.165, 1.54) is 0 Å². The van der Waals surface area contributed by atoms with Gasteiger partial charge in [0.05, 0.1) is 38.5 Å². The Morgan fingerprint density at radius 3 is 1.34 bits per heavy atom. The minimum absolute atomic E-state index is 0.555. The quantitative estimate of drug-likeness (QED) is 0.173. The maximum atomic E-state index is 6.54. The number of hydrogen-bond donors (Lipinski definition) is 0. The van der Waals surface area contributed by atoms with E-state index in [0.717, 1.165) is 116 Å². The van der Waals surface area contributed by atoms with Crippen LogP contribution in [0.25, 0.3) is 133 Å². The van der Waals surface area contributed by atoms with Gasteiger partial charge in [-0.2, -0.15) is 0 Å². The normalized spacial score (nSPS) is 12.1. The summed E-state index contributed by atoms with van der Waals surface area (Å²) in [7, 11) is 0. The molecule has 7 heteroatoms. The number of nitrogens with zero attached hydrogens (tertiary/aromatic N) is 5. The van der Waals surface area contributed by atoms with Crippen molar-refractivity contribution in [2.75, 3.05) is 0 Å². The van der Waals surface area contributed by atoms with Crippen molar-refractivity contribution in [3.8, 4) is 45.5 Å². The van der Waals surface area contributed by atoms with Gasteiger partial charge in [0.1, 0.15) is 22.3 Å². The molecule has 9 aromatic carbocycles. The summed E-state index contributed by atoms with van der Waals surface area (Å²) in [5.74, 6) is 1.74. The van der Waals surface area contributed by atoms with Crippen LogP contribution in [0.1, 0.15) is 0 Å². The first kappa shape index (κ1) is 34.9. The average Bonchev–Trinajstić information content (AvgIpc) is 4.12. The summed E-state index contributed by atoms with van der Waals surface area (Å²) < 4.78 is 17.8. The molecule has 0 fully saturated rings. The van der Waals surface area contributed by atoms with Crippen LogP contribution < -0.4 is 0 Å². The highest BCUT2D eigenvalue weighted by molar-refractivity contribution is 6.26. The molecule has 0 bridgehead atoms. The Kier molecular flexibility index (Phi) is 7.27. The highest BCUT2D eigenvalue weighted by Gasteiger charge is 2.25. The summed E-state index contributed by atoms with van der Waals surface area (Å²) >= 11 is 0. The molecule has 0 spiro atoms. The number of rotatable bonds is 5. The predicted octanol–water partition coefficient (Wildman–Crippen LogP) is 14.9. The molecule has 0 radical (unpaired) electrons. The first-order valence-corrected chi connectivity index (χ1v) is 21.4. The Hall–Kier alpha value is -8.81. The predicted molar refractivity (Wildman–Crippen MR) is 259 cm³/mol. The van der Waals surface area contributed by atoms with Gasteiger partial charge in [-0.25, -0.2) is 15.0 Å². The minimum Gasteiger partial charge on any atom is -0.456 e. The van der Waals surface area contributed by atoms with Gasteiger partial charge in [-0.05, 0) is 66.7 Å². The highest BCUT2D eigenvalue weighted by Crippen LogP contribution is 2.45. The second kappa shape index (κ2) is 13.3. The molecule has 14 rings (SSSR count). The summed E-state index contributed by atoms with van der Waals surface area (Å²) in [5, 5.41) is 8.84. The second-order valence-electron chi connectivity index (χ2n) is 16.3. The third kappa shape index (κ3) is 5.00. The van der Waals surface area contributed by atoms with Gasteiger partial charge >= 0.3 is 0 Å². The standard InChI is InChI=1S/C57H33N5O2/c1-3-15-34(16-4-1)55-58-56(35-17-5-2-6-18-35)60-57(59-55)43-33-36(61-44-23-11-7-19-37(44)39-28-31-49-51(53(39)61)41-21-9-13-25-47(41)63-49)27-30-46(43)62-45-24-12-8-20-38(45)40-29-32-50-52(54(40)62)42-22-10-14-26-48(42)64-50/h1-33H. The molecule has 0 aliphatic carbocycles. The van der Waals surface area contributed by atoms with Crippen LogP contribution in [-0.2, 0) is 0 Å². The Morgan fingerprint density at radius 2 is 0.781 bits per heavy atom. The SMILES string of the molecule is c1ccc(-c2nc(-c3ccccc3)nc(-c3cc(-n4c5ccccc5c5ccc6oc7ccccc7c6c54)ccc3-n3c4ccccc4c4ccc5oc6ccccc6c5c43)n2)cc1. The van der Waals surface area contributed by atoms with Gasteiger partial charge in [-0.15, -0.1) is 0 Å². The van der Waals surface area contributed by atoms with Gasteiger partial charge in [0, 0.05) is 54.7 Å². The van der Waals surface area contributed by atoms with Gasteiger partial charge in [0.25, 0.3) is 0 Å². The van der Waals surface area contributed by atoms with E-state index in [-0.39, 0.29) is 0 Å². The van der Waals surface area contributed by atoms with E-state index in [9.17, 15) is 0 Å². The molecule has 0 N–H and O–H groups in total. The van der Waals surface area contributed by atoms with Gasteiger partial charge in [-0.3, -0.25) is 0 Å². The van der Waals surface area contributed by atoms with Crippen LogP contribution in [0.5, 0.6) is 0 Å². The summed E-state index contributed by atoms with van der Waals surface area (Å²) in [4.78, 5) is 15.9. The third-order valence-electron chi connectivity index (χ3n) is 12.8. The first-order valence-electron chi connectivity index (χ1n) is 21.4. The van der Waals surface area contributed by atoms with E-state index in [4.69, 9.17) is 23.8 Å². The number of para-hydroxylation sites is 4. The lowest BCUT2D eigenvalue weighted by Crippen LogP contribution is -2.05. The van der Waals surface area contributed by atoms with Crippen molar-refractivity contribution in [2.45, 2.75) is 0 Å². The van der Waals surface area contributed by atoms with Crippen molar-refractivity contribution in [3.05, 3.63) is 200 Å². The molecule has 5 aromatic heterocycles. The Balaban J connectivity index is 1.15. The van der Waals surface area contributed by atoms with E-state index < -0.39 is 0 Å². The minimum atomic E-state index is 0.555. The van der Waals surface area contributed by atoms with E-state index in [2.05, 4.69) is 149 Å². The third-order valence-corrected chi connectivity index (χ3v) is 12.8. The smallest absolute Gasteiger partial charge is 0.166 e. The summed E-state index contributed by atoms with van der Waals surface area (Å²) in [6.45, 7) is 0. The monoisotopic (exact) mass is 819 g/mol. The molecule has 64 heavy (non-hydrogen) atoms. The van der Waals surface area contributed by atoms with Gasteiger partial charge in [-0.1, -0.05) is 133 Å². The summed E-state index contributed by atoms with van der Waals surface area (Å²) in [6, 6.07) is 69.5. The average molecular weight is 820 g/mol. The van der Waals surface area contributed by atoms with Crippen LogP contribution in [0.3, 0.4) is 0 Å². The van der Waals surface area contributed by atoms with E-state index in [1.54, 1.807) is 0 Å². The lowest BCUT2D eigenvalue weighted by Gasteiger charge is -2.18. The molecule has 0 saturated carbocycles. The van der Waals surface area contributed by atoms with Crippen LogP contribution in [0.4, 0.5) is 0 Å². The van der Waals surface area contributed by atoms with Crippen LogP contribution in [0.2, 0.25) is 0 Å². The molecule has 0 unspecified atom stereocenters. The Labute approximate surface area is 364 Å². The van der Waals surface area contributed by atoms with Crippen molar-refractivity contribution in [1.82, 2.24) is 24.1 Å². The Morgan fingerprint density at radius 1 is 0.328 bits per heavy atom. The molecule has 14 aromatic rings. The molecule has 7 nitrogen and oxygen atoms in total. The maximum absolute atomic E-state index is 6.54. The zero-order chi connectivity index (χ0) is 41.9. The van der Waals surface area contributed by atoms with Gasteiger partial charge in [0.15, 0.2) is 17.5 Å². The van der Waals surface area contributed by atoms with Crippen LogP contribution >= 0.6 is 0 Å². The van der Waals surface area contributed by atoms with E-state index in [1.807, 2.05) is 60.7 Å². The van der Waals surface area contributed by atoms with E-state index in [0.29, 0.717) is 17.5 Å². The molecular weight excluding hydrogens is 787 g/mol.